The zero-order chi connectivity index (χ0) is 16.1. The molecule has 0 radical (unpaired) electrons. The molecule has 3 rings (SSSR count). The highest BCUT2D eigenvalue weighted by molar-refractivity contribution is 5.83. The van der Waals surface area contributed by atoms with E-state index in [1.54, 1.807) is 17.1 Å². The van der Waals surface area contributed by atoms with Crippen molar-refractivity contribution in [3.8, 4) is 0 Å². The van der Waals surface area contributed by atoms with E-state index in [0.29, 0.717) is 0 Å². The van der Waals surface area contributed by atoms with Crippen LogP contribution in [0.2, 0.25) is 0 Å². The van der Waals surface area contributed by atoms with Crippen LogP contribution in [0.15, 0.2) is 60.0 Å². The van der Waals surface area contributed by atoms with Crippen molar-refractivity contribution in [2.45, 2.75) is 19.9 Å². The molecule has 0 saturated carbocycles. The molecule has 0 unspecified atom stereocenters. The fraction of sp³-hybridized carbons (Fsp3) is 0.167. The van der Waals surface area contributed by atoms with Crippen molar-refractivity contribution < 1.29 is 4.79 Å². The Morgan fingerprint density at radius 1 is 1.22 bits per heavy atom. The van der Waals surface area contributed by atoms with E-state index in [1.165, 1.54) is 5.56 Å². The van der Waals surface area contributed by atoms with E-state index in [-0.39, 0.29) is 12.5 Å². The molecular formula is C18H18N4O. The summed E-state index contributed by atoms with van der Waals surface area (Å²) in [5.74, 6) is -0.186. The van der Waals surface area contributed by atoms with E-state index in [2.05, 4.69) is 34.6 Å². The van der Waals surface area contributed by atoms with Gasteiger partial charge in [-0.15, -0.1) is 0 Å². The monoisotopic (exact) mass is 306 g/mol. The van der Waals surface area contributed by atoms with Gasteiger partial charge in [0.1, 0.15) is 6.54 Å². The van der Waals surface area contributed by atoms with Crippen molar-refractivity contribution in [3.63, 3.8) is 0 Å². The number of nitrogens with zero attached hydrogens (tertiary/aromatic N) is 3. The molecule has 1 aromatic heterocycles. The first-order chi connectivity index (χ1) is 11.3. The smallest absolute Gasteiger partial charge is 0.260 e. The Bertz CT molecular complexity index is 834. The van der Waals surface area contributed by atoms with Crippen molar-refractivity contribution in [1.29, 1.82) is 0 Å². The zero-order valence-electron chi connectivity index (χ0n) is 12.9. The number of hydrogen-bond donors (Lipinski definition) is 1. The van der Waals surface area contributed by atoms with Crippen LogP contribution >= 0.6 is 0 Å². The third-order valence-corrected chi connectivity index (χ3v) is 3.63. The van der Waals surface area contributed by atoms with Crippen LogP contribution in [0, 0.1) is 0 Å². The van der Waals surface area contributed by atoms with Crippen LogP contribution in [-0.2, 0) is 17.8 Å². The Kier molecular flexibility index (Phi) is 4.47. The number of hydrazone groups is 1. The number of benzene rings is 2. The molecule has 5 nitrogen and oxygen atoms in total. The number of nitrogens with one attached hydrogen (secondary N) is 1. The van der Waals surface area contributed by atoms with Gasteiger partial charge in [0.25, 0.3) is 5.91 Å². The van der Waals surface area contributed by atoms with Gasteiger partial charge in [0.05, 0.1) is 23.6 Å². The van der Waals surface area contributed by atoms with Gasteiger partial charge in [-0.3, -0.25) is 4.79 Å². The molecule has 0 aliphatic rings. The molecule has 0 bridgehead atoms. The molecule has 0 saturated heterocycles. The summed E-state index contributed by atoms with van der Waals surface area (Å²) in [5, 5.41) is 4.00. The number of amides is 1. The maximum Gasteiger partial charge on any atom is 0.260 e. The zero-order valence-corrected chi connectivity index (χ0v) is 12.9. The van der Waals surface area contributed by atoms with Gasteiger partial charge in [-0.25, -0.2) is 10.4 Å². The minimum atomic E-state index is -0.186. The van der Waals surface area contributed by atoms with Gasteiger partial charge >= 0.3 is 0 Å². The maximum absolute atomic E-state index is 12.0. The number of imidazole rings is 1. The predicted octanol–water partition coefficient (Wildman–Crippen LogP) is 2.75. The molecule has 1 amide bonds. The van der Waals surface area contributed by atoms with Crippen LogP contribution in [0.5, 0.6) is 0 Å². The molecule has 3 aromatic rings. The number of fused-ring (bicyclic) bond motifs is 1. The lowest BCUT2D eigenvalue weighted by Crippen LogP contribution is -2.22. The first-order valence-corrected chi connectivity index (χ1v) is 7.57. The number of carbonyl (C=O) groups is 1. The first-order valence-electron chi connectivity index (χ1n) is 7.57. The van der Waals surface area contributed by atoms with Crippen LogP contribution < -0.4 is 5.43 Å². The quantitative estimate of drug-likeness (QED) is 0.582. The maximum atomic E-state index is 12.0. The second-order valence-corrected chi connectivity index (χ2v) is 5.25. The van der Waals surface area contributed by atoms with Gasteiger partial charge in [-0.2, -0.15) is 5.10 Å². The average Bonchev–Trinajstić information content (AvgIpc) is 2.99. The highest BCUT2D eigenvalue weighted by atomic mass is 16.2. The molecule has 0 aliphatic heterocycles. The first kappa shape index (κ1) is 15.0. The summed E-state index contributed by atoms with van der Waals surface area (Å²) in [7, 11) is 0. The lowest BCUT2D eigenvalue weighted by atomic mass is 10.1. The van der Waals surface area contributed by atoms with Crippen LogP contribution in [0.4, 0.5) is 0 Å². The van der Waals surface area contributed by atoms with Gasteiger partial charge in [-0.1, -0.05) is 43.3 Å². The Labute approximate surface area is 134 Å². The van der Waals surface area contributed by atoms with Crippen LogP contribution in [0.3, 0.4) is 0 Å². The number of aryl methyl sites for hydroxylation is 1. The lowest BCUT2D eigenvalue weighted by molar-refractivity contribution is -0.121. The summed E-state index contributed by atoms with van der Waals surface area (Å²) in [4.78, 5) is 16.2. The van der Waals surface area contributed by atoms with Crippen molar-refractivity contribution in [2.24, 2.45) is 5.10 Å². The minimum Gasteiger partial charge on any atom is -0.321 e. The number of carbonyl (C=O) groups excluding carboxylic acids is 1. The fourth-order valence-corrected chi connectivity index (χ4v) is 2.34. The Hall–Kier alpha value is -2.95. The van der Waals surface area contributed by atoms with Gasteiger partial charge in [-0.05, 0) is 29.7 Å². The van der Waals surface area contributed by atoms with Crippen LogP contribution in [0.1, 0.15) is 18.1 Å². The van der Waals surface area contributed by atoms with E-state index in [1.807, 2.05) is 36.4 Å². The number of rotatable bonds is 5. The largest absolute Gasteiger partial charge is 0.321 e. The number of aromatic nitrogens is 2. The third-order valence-electron chi connectivity index (χ3n) is 3.63. The highest BCUT2D eigenvalue weighted by Gasteiger charge is 2.05. The second-order valence-electron chi connectivity index (χ2n) is 5.25. The topological polar surface area (TPSA) is 59.3 Å². The summed E-state index contributed by atoms with van der Waals surface area (Å²) in [5.41, 5.74) is 6.58. The summed E-state index contributed by atoms with van der Waals surface area (Å²) < 4.78 is 1.80. The van der Waals surface area contributed by atoms with Gasteiger partial charge in [0, 0.05) is 0 Å². The summed E-state index contributed by atoms with van der Waals surface area (Å²) in [6.07, 6.45) is 4.31. The van der Waals surface area contributed by atoms with E-state index < -0.39 is 0 Å². The molecule has 23 heavy (non-hydrogen) atoms. The predicted molar refractivity (Wildman–Crippen MR) is 91.3 cm³/mol. The van der Waals surface area contributed by atoms with Gasteiger partial charge in [0.15, 0.2) is 0 Å². The van der Waals surface area contributed by atoms with Crippen molar-refractivity contribution in [1.82, 2.24) is 15.0 Å². The Morgan fingerprint density at radius 2 is 2.00 bits per heavy atom. The van der Waals surface area contributed by atoms with Crippen LogP contribution in [0.25, 0.3) is 11.0 Å². The summed E-state index contributed by atoms with van der Waals surface area (Å²) in [6, 6.07) is 15.8. The lowest BCUT2D eigenvalue weighted by Gasteiger charge is -2.03. The van der Waals surface area contributed by atoms with Gasteiger partial charge < -0.3 is 4.57 Å². The molecular weight excluding hydrogens is 288 g/mol. The van der Waals surface area contributed by atoms with Gasteiger partial charge in [0.2, 0.25) is 0 Å². The number of hydrogen-bond acceptors (Lipinski definition) is 3. The molecule has 0 fully saturated rings. The van der Waals surface area contributed by atoms with Crippen molar-refractivity contribution in [3.05, 3.63) is 66.0 Å². The average molecular weight is 306 g/mol. The molecule has 2 aromatic carbocycles. The molecule has 1 heterocycles. The third kappa shape index (κ3) is 3.63. The summed E-state index contributed by atoms with van der Waals surface area (Å²) >= 11 is 0. The molecule has 0 atom stereocenters. The number of para-hydroxylation sites is 2. The fourth-order valence-electron chi connectivity index (χ4n) is 2.34. The Balaban J connectivity index is 1.59. The standard InChI is InChI=1S/C18H18N4O/c1-2-14-7-9-15(10-8-14)11-20-21-18(23)12-22-13-19-16-5-3-4-6-17(16)22/h3-11,13H,2,12H2,1H3,(H,21,23)/b20-11-. The minimum absolute atomic E-state index is 0.186. The Morgan fingerprint density at radius 3 is 2.78 bits per heavy atom. The van der Waals surface area contributed by atoms with Crippen LogP contribution in [-0.4, -0.2) is 21.7 Å². The van der Waals surface area contributed by atoms with Crippen molar-refractivity contribution >= 4 is 23.2 Å². The SMILES string of the molecule is CCc1ccc(/C=N\NC(=O)Cn2cnc3ccccc32)cc1. The molecule has 1 N–H and O–H groups in total. The molecule has 0 aliphatic carbocycles. The second kappa shape index (κ2) is 6.87. The molecule has 0 spiro atoms. The normalized spacial score (nSPS) is 11.2. The van der Waals surface area contributed by atoms with E-state index in [0.717, 1.165) is 23.0 Å². The van der Waals surface area contributed by atoms with E-state index in [9.17, 15) is 4.79 Å². The van der Waals surface area contributed by atoms with E-state index >= 15 is 0 Å². The van der Waals surface area contributed by atoms with E-state index in [4.69, 9.17) is 0 Å². The molecule has 116 valence electrons. The molecule has 5 heteroatoms. The van der Waals surface area contributed by atoms with Crippen molar-refractivity contribution in [2.75, 3.05) is 0 Å². The summed E-state index contributed by atoms with van der Waals surface area (Å²) in [6.45, 7) is 2.30. The highest BCUT2D eigenvalue weighted by Crippen LogP contribution is 2.11.